The minimum absolute atomic E-state index is 0.387. The van der Waals surface area contributed by atoms with Gasteiger partial charge in [0.05, 0.1) is 10.0 Å². The van der Waals surface area contributed by atoms with Gasteiger partial charge < -0.3 is 4.74 Å². The molecule has 0 fully saturated rings. The van der Waals surface area contributed by atoms with Crippen molar-refractivity contribution in [1.29, 1.82) is 5.26 Å². The lowest BCUT2D eigenvalue weighted by Gasteiger charge is -2.05. The summed E-state index contributed by atoms with van der Waals surface area (Å²) in [7, 11) is 0. The van der Waals surface area contributed by atoms with Gasteiger partial charge in [-0.3, -0.25) is 4.98 Å². The van der Waals surface area contributed by atoms with E-state index in [-0.39, 0.29) is 0 Å². The van der Waals surface area contributed by atoms with E-state index < -0.39 is 0 Å². The van der Waals surface area contributed by atoms with Crippen LogP contribution < -0.4 is 4.74 Å². The molecule has 1 aromatic carbocycles. The third-order valence-electron chi connectivity index (χ3n) is 3.22. The first-order chi connectivity index (χ1) is 11.2. The summed E-state index contributed by atoms with van der Waals surface area (Å²) < 4.78 is 5.78. The fourth-order valence-corrected chi connectivity index (χ4v) is 3.23. The van der Waals surface area contributed by atoms with Gasteiger partial charge in [0.25, 0.3) is 0 Å². The monoisotopic (exact) mass is 360 g/mol. The van der Waals surface area contributed by atoms with Crippen LogP contribution in [0.5, 0.6) is 5.06 Å². The van der Waals surface area contributed by atoms with Crippen LogP contribution in [0.15, 0.2) is 48.1 Å². The van der Waals surface area contributed by atoms with Crippen molar-refractivity contribution < 1.29 is 4.74 Å². The van der Waals surface area contributed by atoms with Crippen LogP contribution in [-0.4, -0.2) is 4.98 Å². The van der Waals surface area contributed by atoms with Gasteiger partial charge in [0.2, 0.25) is 0 Å². The molecule has 0 saturated heterocycles. The Labute approximate surface area is 147 Å². The number of aromatic nitrogens is 1. The largest absolute Gasteiger partial charge is 0.478 e. The standard InChI is InChI=1S/C17H10Cl2N2OS/c18-15-2-1-12(7-16(15)19)14-10-23-17(13(14)8-20)22-9-11-3-5-21-6-4-11/h1-7,10H,9H2. The Morgan fingerprint density at radius 1 is 1.13 bits per heavy atom. The lowest BCUT2D eigenvalue weighted by Crippen LogP contribution is -1.95. The molecule has 0 spiro atoms. The van der Waals surface area contributed by atoms with Gasteiger partial charge in [0.1, 0.15) is 18.2 Å². The van der Waals surface area contributed by atoms with E-state index in [0.717, 1.165) is 16.7 Å². The van der Waals surface area contributed by atoms with Gasteiger partial charge in [-0.15, -0.1) is 11.3 Å². The van der Waals surface area contributed by atoms with Crippen LogP contribution in [-0.2, 0) is 6.61 Å². The number of nitriles is 1. The maximum Gasteiger partial charge on any atom is 0.192 e. The number of thiophene rings is 1. The molecular weight excluding hydrogens is 351 g/mol. The van der Waals surface area contributed by atoms with E-state index in [2.05, 4.69) is 11.1 Å². The van der Waals surface area contributed by atoms with E-state index in [1.807, 2.05) is 23.6 Å². The first-order valence-corrected chi connectivity index (χ1v) is 8.31. The molecule has 3 nitrogen and oxygen atoms in total. The Morgan fingerprint density at radius 2 is 1.91 bits per heavy atom. The van der Waals surface area contributed by atoms with Crippen LogP contribution in [0.2, 0.25) is 10.0 Å². The fourth-order valence-electron chi connectivity index (χ4n) is 2.06. The highest BCUT2D eigenvalue weighted by Gasteiger charge is 2.15. The van der Waals surface area contributed by atoms with Crippen LogP contribution in [0.3, 0.4) is 0 Å². The zero-order chi connectivity index (χ0) is 16.2. The van der Waals surface area contributed by atoms with Gasteiger partial charge in [-0.05, 0) is 35.4 Å². The van der Waals surface area contributed by atoms with Crippen molar-refractivity contribution in [3.63, 3.8) is 0 Å². The van der Waals surface area contributed by atoms with Crippen molar-refractivity contribution >= 4 is 34.5 Å². The normalized spacial score (nSPS) is 10.3. The van der Waals surface area contributed by atoms with Gasteiger partial charge in [0, 0.05) is 23.3 Å². The van der Waals surface area contributed by atoms with Crippen LogP contribution >= 0.6 is 34.5 Å². The number of hydrogen-bond donors (Lipinski definition) is 0. The number of pyridine rings is 1. The second kappa shape index (κ2) is 7.01. The highest BCUT2D eigenvalue weighted by molar-refractivity contribution is 7.12. The molecule has 0 bridgehead atoms. The predicted octanol–water partition coefficient (Wildman–Crippen LogP) is 5.57. The maximum absolute atomic E-state index is 9.48. The summed E-state index contributed by atoms with van der Waals surface area (Å²) in [5, 5.41) is 12.9. The number of hydrogen-bond acceptors (Lipinski definition) is 4. The minimum Gasteiger partial charge on any atom is -0.478 e. The Morgan fingerprint density at radius 3 is 2.61 bits per heavy atom. The quantitative estimate of drug-likeness (QED) is 0.610. The molecule has 6 heteroatoms. The van der Waals surface area contributed by atoms with Crippen LogP contribution in [0, 0.1) is 11.3 Å². The van der Waals surface area contributed by atoms with Crippen molar-refractivity contribution in [2.24, 2.45) is 0 Å². The first-order valence-electron chi connectivity index (χ1n) is 6.67. The highest BCUT2D eigenvalue weighted by Crippen LogP contribution is 2.38. The second-order valence-electron chi connectivity index (χ2n) is 4.70. The molecule has 0 unspecified atom stereocenters. The second-order valence-corrected chi connectivity index (χ2v) is 6.35. The molecule has 2 heterocycles. The van der Waals surface area contributed by atoms with Crippen LogP contribution in [0.1, 0.15) is 11.1 Å². The van der Waals surface area contributed by atoms with Crippen LogP contribution in [0.4, 0.5) is 0 Å². The van der Waals surface area contributed by atoms with Crippen molar-refractivity contribution in [2.45, 2.75) is 6.61 Å². The number of ether oxygens (including phenoxy) is 1. The van der Waals surface area contributed by atoms with Gasteiger partial charge in [-0.2, -0.15) is 5.26 Å². The Hall–Kier alpha value is -2.06. The number of rotatable bonds is 4. The van der Waals surface area contributed by atoms with E-state index in [1.54, 1.807) is 24.5 Å². The molecule has 2 aromatic heterocycles. The Balaban J connectivity index is 1.88. The molecule has 0 radical (unpaired) electrons. The van der Waals surface area contributed by atoms with Crippen molar-refractivity contribution in [3.05, 3.63) is 69.3 Å². The zero-order valence-corrected chi connectivity index (χ0v) is 14.1. The van der Waals surface area contributed by atoms with Crippen molar-refractivity contribution in [1.82, 2.24) is 4.98 Å². The molecule has 23 heavy (non-hydrogen) atoms. The summed E-state index contributed by atoms with van der Waals surface area (Å²) >= 11 is 13.4. The number of benzene rings is 1. The molecule has 0 amide bonds. The van der Waals surface area contributed by atoms with E-state index in [4.69, 9.17) is 27.9 Å². The van der Waals surface area contributed by atoms with Crippen molar-refractivity contribution in [3.8, 4) is 22.3 Å². The van der Waals surface area contributed by atoms with E-state index in [9.17, 15) is 5.26 Å². The predicted molar refractivity (Wildman–Crippen MR) is 93.1 cm³/mol. The topological polar surface area (TPSA) is 45.9 Å². The van der Waals surface area contributed by atoms with Gasteiger partial charge in [-0.1, -0.05) is 29.3 Å². The molecule has 114 valence electrons. The molecule has 0 atom stereocenters. The van der Waals surface area contributed by atoms with Gasteiger partial charge >= 0.3 is 0 Å². The lowest BCUT2D eigenvalue weighted by atomic mass is 10.1. The number of halogens is 2. The summed E-state index contributed by atoms with van der Waals surface area (Å²) in [5.41, 5.74) is 3.13. The van der Waals surface area contributed by atoms with Crippen molar-refractivity contribution in [2.75, 3.05) is 0 Å². The molecule has 0 aliphatic rings. The van der Waals surface area contributed by atoms with Gasteiger partial charge in [-0.25, -0.2) is 0 Å². The minimum atomic E-state index is 0.387. The molecule has 0 aliphatic carbocycles. The SMILES string of the molecule is N#Cc1c(-c2ccc(Cl)c(Cl)c2)csc1OCc1ccncc1. The number of nitrogens with zero attached hydrogens (tertiary/aromatic N) is 2. The zero-order valence-electron chi connectivity index (χ0n) is 11.8. The summed E-state index contributed by atoms with van der Waals surface area (Å²) in [6.45, 7) is 0.387. The molecule has 3 aromatic rings. The van der Waals surface area contributed by atoms with E-state index in [1.165, 1.54) is 11.3 Å². The molecule has 0 N–H and O–H groups in total. The van der Waals surface area contributed by atoms with E-state index >= 15 is 0 Å². The third-order valence-corrected chi connectivity index (χ3v) is 4.85. The lowest BCUT2D eigenvalue weighted by molar-refractivity contribution is 0.315. The fraction of sp³-hybridized carbons (Fsp3) is 0.0588. The highest BCUT2D eigenvalue weighted by atomic mass is 35.5. The van der Waals surface area contributed by atoms with Crippen LogP contribution in [0.25, 0.3) is 11.1 Å². The Bertz CT molecular complexity index is 872. The summed E-state index contributed by atoms with van der Waals surface area (Å²) in [4.78, 5) is 3.96. The summed E-state index contributed by atoms with van der Waals surface area (Å²) in [5.74, 6) is 0. The summed E-state index contributed by atoms with van der Waals surface area (Å²) in [6.07, 6.45) is 3.42. The smallest absolute Gasteiger partial charge is 0.192 e. The Kier molecular flexibility index (Phi) is 4.82. The molecular formula is C17H10Cl2N2OS. The third kappa shape index (κ3) is 3.48. The van der Waals surface area contributed by atoms with E-state index in [0.29, 0.717) is 27.3 Å². The average Bonchev–Trinajstić information content (AvgIpc) is 2.99. The first kappa shape index (κ1) is 15.8. The molecule has 0 aliphatic heterocycles. The molecule has 0 saturated carbocycles. The molecule has 3 rings (SSSR count). The summed E-state index contributed by atoms with van der Waals surface area (Å²) in [6, 6.07) is 11.3. The maximum atomic E-state index is 9.48. The van der Waals surface area contributed by atoms with Gasteiger partial charge in [0.15, 0.2) is 5.06 Å². The average molecular weight is 361 g/mol.